The van der Waals surface area contributed by atoms with E-state index in [4.69, 9.17) is 5.26 Å². The van der Waals surface area contributed by atoms with Crippen molar-refractivity contribution in [3.8, 4) is 17.9 Å². The average Bonchev–Trinajstić information content (AvgIpc) is 3.10. The fourth-order valence-corrected chi connectivity index (χ4v) is 3.63. The van der Waals surface area contributed by atoms with E-state index in [2.05, 4.69) is 37.6 Å². The first-order valence-electron chi connectivity index (χ1n) is 10.7. The number of rotatable bonds is 4. The van der Waals surface area contributed by atoms with E-state index in [1.807, 2.05) is 24.3 Å². The van der Waals surface area contributed by atoms with Crippen LogP contribution in [0.2, 0.25) is 0 Å². The molecule has 1 aromatic carbocycles. The lowest BCUT2D eigenvalue weighted by molar-refractivity contribution is -0.132. The Labute approximate surface area is 192 Å². The lowest BCUT2D eigenvalue weighted by Crippen LogP contribution is -2.36. The number of likely N-dealkylation sites (tertiary alicyclic amines) is 1. The molecule has 0 radical (unpaired) electrons. The highest BCUT2D eigenvalue weighted by atomic mass is 19.3. The number of Topliss-reactive ketones (excluding diaryl/α,β-unsaturated/α-hetero) is 1. The summed E-state index contributed by atoms with van der Waals surface area (Å²) in [4.78, 5) is 30.1. The third kappa shape index (κ3) is 6.02. The van der Waals surface area contributed by atoms with Crippen LogP contribution in [0.5, 0.6) is 0 Å². The molecule has 5 nitrogen and oxygen atoms in total. The summed E-state index contributed by atoms with van der Waals surface area (Å²) in [6.45, 7) is 5.54. The summed E-state index contributed by atoms with van der Waals surface area (Å²) in [5.41, 5.74) is 2.67. The van der Waals surface area contributed by atoms with Crippen molar-refractivity contribution in [2.75, 3.05) is 6.54 Å². The summed E-state index contributed by atoms with van der Waals surface area (Å²) in [5.74, 6) is 2.00. The second-order valence-electron chi connectivity index (χ2n) is 9.15. The number of benzene rings is 1. The average molecular weight is 450 g/mol. The molecule has 0 spiro atoms. The van der Waals surface area contributed by atoms with Gasteiger partial charge in [-0.15, -0.1) is 0 Å². The Hall–Kier alpha value is -3.58. The molecule has 1 aliphatic heterocycles. The highest BCUT2D eigenvalue weighted by Gasteiger charge is 2.47. The van der Waals surface area contributed by atoms with Gasteiger partial charge in [0.2, 0.25) is 5.91 Å². The standard InChI is InChI=1S/C26H25F2N3O2/c1-25(2,3)20-6-4-5-18(13-20)7-8-19-16-30-12-11-22(19)23(32)9-10-24(33)31-17-26(27,28)14-21(31)15-29/h4-6,11-13,16,21H,9-10,14,17H2,1-3H3/t21-/m0/s1. The number of hydrogen-bond acceptors (Lipinski definition) is 4. The van der Waals surface area contributed by atoms with Gasteiger partial charge in [-0.2, -0.15) is 5.26 Å². The predicted octanol–water partition coefficient (Wildman–Crippen LogP) is 4.50. The van der Waals surface area contributed by atoms with Crippen molar-refractivity contribution < 1.29 is 18.4 Å². The topological polar surface area (TPSA) is 74.1 Å². The maximum atomic E-state index is 13.6. The number of amides is 1. The molecule has 3 rings (SSSR count). The van der Waals surface area contributed by atoms with Gasteiger partial charge in [-0.1, -0.05) is 44.7 Å². The number of halogens is 2. The van der Waals surface area contributed by atoms with Gasteiger partial charge < -0.3 is 4.90 Å². The maximum Gasteiger partial charge on any atom is 0.268 e. The van der Waals surface area contributed by atoms with E-state index in [0.29, 0.717) is 11.1 Å². The summed E-state index contributed by atoms with van der Waals surface area (Å²) < 4.78 is 27.2. The first-order chi connectivity index (χ1) is 15.5. The largest absolute Gasteiger partial charge is 0.320 e. The van der Waals surface area contributed by atoms with E-state index in [0.717, 1.165) is 16.0 Å². The Morgan fingerprint density at radius 3 is 2.67 bits per heavy atom. The van der Waals surface area contributed by atoms with Gasteiger partial charge in [-0.3, -0.25) is 14.6 Å². The Kier molecular flexibility index (Phi) is 6.93. The van der Waals surface area contributed by atoms with Crippen molar-refractivity contribution in [3.63, 3.8) is 0 Å². The highest BCUT2D eigenvalue weighted by molar-refractivity contribution is 6.00. The van der Waals surface area contributed by atoms with Crippen molar-refractivity contribution >= 4 is 11.7 Å². The number of pyridine rings is 1. The number of nitriles is 1. The molecule has 0 saturated carbocycles. The molecule has 7 heteroatoms. The van der Waals surface area contributed by atoms with Gasteiger partial charge in [0.05, 0.1) is 18.2 Å². The molecule has 1 amide bonds. The zero-order chi connectivity index (χ0) is 24.2. The quantitative estimate of drug-likeness (QED) is 0.509. The van der Waals surface area contributed by atoms with E-state index >= 15 is 0 Å². The second kappa shape index (κ2) is 9.50. The van der Waals surface area contributed by atoms with Gasteiger partial charge in [-0.25, -0.2) is 8.78 Å². The minimum absolute atomic E-state index is 0.0243. The summed E-state index contributed by atoms with van der Waals surface area (Å²) in [6, 6.07) is 9.95. The van der Waals surface area contributed by atoms with Crippen LogP contribution >= 0.6 is 0 Å². The van der Waals surface area contributed by atoms with Crippen LogP contribution in [0, 0.1) is 23.2 Å². The first-order valence-corrected chi connectivity index (χ1v) is 10.7. The van der Waals surface area contributed by atoms with Crippen LogP contribution in [0.4, 0.5) is 8.78 Å². The van der Waals surface area contributed by atoms with Gasteiger partial charge in [0.1, 0.15) is 6.04 Å². The minimum atomic E-state index is -3.09. The highest BCUT2D eigenvalue weighted by Crippen LogP contribution is 2.32. The SMILES string of the molecule is CC(C)(C)c1cccc(C#Cc2cnccc2C(=O)CCC(=O)N2CC(F)(F)C[C@H]2C#N)c1. The second-order valence-corrected chi connectivity index (χ2v) is 9.15. The fraction of sp³-hybridized carbons (Fsp3) is 0.385. The number of ketones is 1. The van der Waals surface area contributed by atoms with Crippen molar-refractivity contribution in [2.24, 2.45) is 0 Å². The molecule has 2 heterocycles. The van der Waals surface area contributed by atoms with E-state index < -0.39 is 30.8 Å². The first kappa shape index (κ1) is 24.1. The van der Waals surface area contributed by atoms with E-state index in [1.54, 1.807) is 6.07 Å². The Balaban J connectivity index is 1.73. The van der Waals surface area contributed by atoms with Crippen LogP contribution in [0.1, 0.15) is 67.1 Å². The van der Waals surface area contributed by atoms with Gasteiger partial charge in [0.25, 0.3) is 5.92 Å². The van der Waals surface area contributed by atoms with Gasteiger partial charge >= 0.3 is 0 Å². The zero-order valence-corrected chi connectivity index (χ0v) is 18.9. The minimum Gasteiger partial charge on any atom is -0.320 e. The monoisotopic (exact) mass is 449 g/mol. The molecule has 0 bridgehead atoms. The molecule has 0 N–H and O–H groups in total. The number of nitrogens with zero attached hydrogens (tertiary/aromatic N) is 3. The molecule has 1 fully saturated rings. The number of hydrogen-bond donors (Lipinski definition) is 0. The lowest BCUT2D eigenvalue weighted by atomic mass is 9.86. The van der Waals surface area contributed by atoms with Crippen molar-refractivity contribution in [1.82, 2.24) is 9.88 Å². The summed E-state index contributed by atoms with van der Waals surface area (Å²) in [5, 5.41) is 9.06. The molecule has 1 atom stereocenters. The third-order valence-electron chi connectivity index (χ3n) is 5.50. The Morgan fingerprint density at radius 2 is 1.97 bits per heavy atom. The lowest BCUT2D eigenvalue weighted by Gasteiger charge is -2.19. The smallest absolute Gasteiger partial charge is 0.268 e. The molecule has 170 valence electrons. The van der Waals surface area contributed by atoms with Crippen molar-refractivity contribution in [1.29, 1.82) is 5.26 Å². The molecule has 2 aromatic rings. The van der Waals surface area contributed by atoms with Crippen LogP contribution in [-0.4, -0.2) is 40.1 Å². The normalized spacial score (nSPS) is 17.1. The van der Waals surface area contributed by atoms with Crippen LogP contribution in [0.3, 0.4) is 0 Å². The van der Waals surface area contributed by atoms with Crippen LogP contribution in [0.15, 0.2) is 42.7 Å². The number of carbonyl (C=O) groups excluding carboxylic acids is 2. The maximum absolute atomic E-state index is 13.6. The van der Waals surface area contributed by atoms with E-state index in [-0.39, 0.29) is 24.0 Å². The Morgan fingerprint density at radius 1 is 1.21 bits per heavy atom. The van der Waals surface area contributed by atoms with E-state index in [1.165, 1.54) is 18.5 Å². The molecule has 33 heavy (non-hydrogen) atoms. The molecule has 1 aliphatic rings. The molecule has 1 saturated heterocycles. The molecular formula is C26H25F2N3O2. The fourth-order valence-electron chi connectivity index (χ4n) is 3.63. The van der Waals surface area contributed by atoms with Crippen LogP contribution < -0.4 is 0 Å². The molecule has 0 unspecified atom stereocenters. The van der Waals surface area contributed by atoms with Crippen molar-refractivity contribution in [3.05, 3.63) is 65.0 Å². The molecule has 1 aromatic heterocycles. The Bertz CT molecular complexity index is 1170. The number of aromatic nitrogens is 1. The summed E-state index contributed by atoms with van der Waals surface area (Å²) in [6.07, 6.45) is 1.85. The predicted molar refractivity (Wildman–Crippen MR) is 120 cm³/mol. The third-order valence-corrected chi connectivity index (χ3v) is 5.50. The van der Waals surface area contributed by atoms with Crippen LogP contribution in [0.25, 0.3) is 0 Å². The number of alkyl halides is 2. The van der Waals surface area contributed by atoms with Gasteiger partial charge in [0.15, 0.2) is 5.78 Å². The summed E-state index contributed by atoms with van der Waals surface area (Å²) in [7, 11) is 0. The molecule has 0 aliphatic carbocycles. The van der Waals surface area contributed by atoms with Gasteiger partial charge in [-0.05, 0) is 29.2 Å². The number of carbonyl (C=O) groups is 2. The van der Waals surface area contributed by atoms with Crippen molar-refractivity contribution in [2.45, 2.75) is 57.4 Å². The van der Waals surface area contributed by atoms with E-state index in [9.17, 15) is 18.4 Å². The van der Waals surface area contributed by atoms with Crippen LogP contribution in [-0.2, 0) is 10.2 Å². The zero-order valence-electron chi connectivity index (χ0n) is 18.9. The molecular weight excluding hydrogens is 424 g/mol. The summed E-state index contributed by atoms with van der Waals surface area (Å²) >= 11 is 0. The van der Waals surface area contributed by atoms with Gasteiger partial charge in [0, 0.05) is 42.8 Å².